The minimum absolute atomic E-state index is 0.00940. The Morgan fingerprint density at radius 1 is 0.963 bits per heavy atom. The van der Waals surface area contributed by atoms with Gasteiger partial charge in [0.05, 0.1) is 53.6 Å². The Hall–Kier alpha value is -5.12. The average molecular weight is 776 g/mol. The fraction of sp³-hybridized carbons (Fsp3) is 0.457. The Morgan fingerprint density at radius 3 is 2.19 bits per heavy atom. The molecule has 1 aliphatic heterocycles. The van der Waals surface area contributed by atoms with Crippen molar-refractivity contribution in [3.8, 4) is 11.8 Å². The number of nitriles is 1. The molecule has 2 aromatic carbocycles. The quantitative estimate of drug-likeness (QED) is 0.128. The molecule has 1 aromatic heterocycles. The van der Waals surface area contributed by atoms with Gasteiger partial charge in [-0.2, -0.15) is 44.8 Å². The van der Waals surface area contributed by atoms with E-state index < -0.39 is 70.8 Å². The highest BCUT2D eigenvalue weighted by atomic mass is 19.4. The maximum atomic E-state index is 14.0. The number of carboxylic acid groups (broad SMARTS) is 1. The number of aliphatic carboxylic acids is 1. The third-order valence-corrected chi connectivity index (χ3v) is 8.65. The van der Waals surface area contributed by atoms with E-state index in [0.29, 0.717) is 12.1 Å². The summed E-state index contributed by atoms with van der Waals surface area (Å²) in [4.78, 5) is 34.0. The van der Waals surface area contributed by atoms with Crippen LogP contribution in [0.4, 0.5) is 50.0 Å². The molecule has 0 spiro atoms. The van der Waals surface area contributed by atoms with Crippen molar-refractivity contribution in [1.82, 2.24) is 9.97 Å². The minimum atomic E-state index is -5.15. The van der Waals surface area contributed by atoms with Gasteiger partial charge in [0, 0.05) is 25.2 Å². The third kappa shape index (κ3) is 10.1. The highest BCUT2D eigenvalue weighted by Crippen LogP contribution is 2.48. The second kappa shape index (κ2) is 16.5. The second-order valence-electron chi connectivity index (χ2n) is 12.5. The van der Waals surface area contributed by atoms with E-state index in [1.807, 2.05) is 6.07 Å². The number of carbonyl (C=O) groups excluding carboxylic acids is 1. The number of rotatable bonds is 13. The van der Waals surface area contributed by atoms with Crippen molar-refractivity contribution >= 4 is 17.7 Å². The van der Waals surface area contributed by atoms with Crippen LogP contribution in [0.2, 0.25) is 0 Å². The number of alkyl halides is 9. The standard InChI is InChI=1S/C35H34F9N5O5/c1-2-32(46)18-25(24-17-21(33(36,37)38)8-9-27(24)49(32)31(52)54-12-5-3-7-29(50)51)30-47-19-28(53-11-6-4-10-45)26(48-30)15-20-13-22(34(39,40)41)16-23(14-20)35(42,43)44/h8-9,13-14,16-17,19,25H,2-7,11-12,15,18,46H2,1H3,(H,50,51)/t25-,32+/m0/s1. The number of hydrogen-bond donors (Lipinski definition) is 2. The monoisotopic (exact) mass is 775 g/mol. The molecule has 0 fully saturated rings. The molecule has 0 aliphatic carbocycles. The maximum absolute atomic E-state index is 14.0. The molecule has 10 nitrogen and oxygen atoms in total. The number of hydrogen-bond acceptors (Lipinski definition) is 8. The lowest BCUT2D eigenvalue weighted by atomic mass is 9.80. The summed E-state index contributed by atoms with van der Waals surface area (Å²) in [5, 5.41) is 17.7. The van der Waals surface area contributed by atoms with Crippen LogP contribution in [0.25, 0.3) is 0 Å². The van der Waals surface area contributed by atoms with Crippen molar-refractivity contribution in [3.05, 3.63) is 81.9 Å². The number of aromatic nitrogens is 2. The van der Waals surface area contributed by atoms with Gasteiger partial charge in [0.25, 0.3) is 0 Å². The number of ether oxygens (including phenoxy) is 2. The number of amides is 1. The van der Waals surface area contributed by atoms with Crippen LogP contribution in [-0.2, 0) is 34.5 Å². The van der Waals surface area contributed by atoms with Gasteiger partial charge >= 0.3 is 30.6 Å². The summed E-state index contributed by atoms with van der Waals surface area (Å²) in [5.74, 6) is -2.65. The molecule has 1 amide bonds. The van der Waals surface area contributed by atoms with E-state index in [4.69, 9.17) is 25.6 Å². The summed E-state index contributed by atoms with van der Waals surface area (Å²) >= 11 is 0. The first kappa shape index (κ1) is 41.6. The van der Waals surface area contributed by atoms with Crippen molar-refractivity contribution < 1.29 is 63.7 Å². The molecular weight excluding hydrogens is 741 g/mol. The topological polar surface area (TPSA) is 152 Å². The molecule has 0 saturated heterocycles. The number of unbranched alkanes of at least 4 members (excludes halogenated alkanes) is 2. The molecule has 2 heterocycles. The Kier molecular flexibility index (Phi) is 12.7. The van der Waals surface area contributed by atoms with Crippen molar-refractivity contribution in [2.24, 2.45) is 5.73 Å². The van der Waals surface area contributed by atoms with Crippen molar-refractivity contribution in [1.29, 1.82) is 5.26 Å². The lowest BCUT2D eigenvalue weighted by Crippen LogP contribution is -2.61. The highest BCUT2D eigenvalue weighted by molar-refractivity contribution is 5.91. The first-order valence-corrected chi connectivity index (χ1v) is 16.5. The minimum Gasteiger partial charge on any atom is -0.490 e. The molecule has 0 bridgehead atoms. The summed E-state index contributed by atoms with van der Waals surface area (Å²) in [6.07, 6.45) is -15.7. The summed E-state index contributed by atoms with van der Waals surface area (Å²) < 4.78 is 135. The molecular formula is C35H34F9N5O5. The molecule has 54 heavy (non-hydrogen) atoms. The van der Waals surface area contributed by atoms with Gasteiger partial charge in [-0.3, -0.25) is 9.69 Å². The average Bonchev–Trinajstić information content (AvgIpc) is 3.08. The van der Waals surface area contributed by atoms with Crippen LogP contribution in [0, 0.1) is 11.3 Å². The van der Waals surface area contributed by atoms with Gasteiger partial charge in [0.2, 0.25) is 0 Å². The molecule has 2 atom stereocenters. The van der Waals surface area contributed by atoms with Crippen LogP contribution in [0.15, 0.2) is 42.6 Å². The third-order valence-electron chi connectivity index (χ3n) is 8.65. The summed E-state index contributed by atoms with van der Waals surface area (Å²) in [7, 11) is 0. The largest absolute Gasteiger partial charge is 0.490 e. The van der Waals surface area contributed by atoms with Crippen LogP contribution < -0.4 is 15.4 Å². The Morgan fingerprint density at radius 2 is 1.61 bits per heavy atom. The number of carboxylic acids is 1. The summed E-state index contributed by atoms with van der Waals surface area (Å²) in [6.45, 7) is 1.25. The van der Waals surface area contributed by atoms with Gasteiger partial charge in [0.1, 0.15) is 11.5 Å². The zero-order valence-corrected chi connectivity index (χ0v) is 28.5. The van der Waals surface area contributed by atoms with E-state index >= 15 is 0 Å². The number of nitrogens with zero attached hydrogens (tertiary/aromatic N) is 4. The van der Waals surface area contributed by atoms with Gasteiger partial charge in [-0.1, -0.05) is 6.92 Å². The molecule has 19 heteroatoms. The zero-order valence-electron chi connectivity index (χ0n) is 28.5. The van der Waals surface area contributed by atoms with Crippen LogP contribution >= 0.6 is 0 Å². The normalized spacial score (nSPS) is 17.4. The summed E-state index contributed by atoms with van der Waals surface area (Å²) in [5.41, 5.74) is -0.0816. The fourth-order valence-electron chi connectivity index (χ4n) is 5.91. The van der Waals surface area contributed by atoms with Crippen molar-refractivity contribution in [3.63, 3.8) is 0 Å². The highest BCUT2D eigenvalue weighted by Gasteiger charge is 2.47. The molecule has 0 radical (unpaired) electrons. The van der Waals surface area contributed by atoms with E-state index in [1.54, 1.807) is 6.92 Å². The Balaban J connectivity index is 1.84. The van der Waals surface area contributed by atoms with Gasteiger partial charge in [0.15, 0.2) is 5.75 Å². The van der Waals surface area contributed by atoms with Gasteiger partial charge in [-0.15, -0.1) is 0 Å². The first-order chi connectivity index (χ1) is 25.2. The zero-order chi connectivity index (χ0) is 40.1. The molecule has 0 unspecified atom stereocenters. The number of halogens is 9. The smallest absolute Gasteiger partial charge is 0.416 e. The first-order valence-electron chi connectivity index (χ1n) is 16.5. The van der Waals surface area contributed by atoms with E-state index in [0.717, 1.165) is 29.3 Å². The molecule has 3 N–H and O–H groups in total. The number of carbonyl (C=O) groups is 2. The van der Waals surface area contributed by atoms with Gasteiger partial charge in [-0.05, 0) is 79.6 Å². The number of fused-ring (bicyclic) bond motifs is 1. The summed E-state index contributed by atoms with van der Waals surface area (Å²) in [6, 6.07) is 5.38. The Labute approximate surface area is 302 Å². The fourth-order valence-corrected chi connectivity index (χ4v) is 5.91. The van der Waals surface area contributed by atoms with Gasteiger partial charge in [-0.25, -0.2) is 14.8 Å². The van der Waals surface area contributed by atoms with E-state index in [2.05, 4.69) is 9.97 Å². The second-order valence-corrected chi connectivity index (χ2v) is 12.5. The van der Waals surface area contributed by atoms with E-state index in [9.17, 15) is 49.1 Å². The maximum Gasteiger partial charge on any atom is 0.416 e. The molecule has 3 aromatic rings. The van der Waals surface area contributed by atoms with Gasteiger partial charge < -0.3 is 20.3 Å². The van der Waals surface area contributed by atoms with Crippen LogP contribution in [-0.4, -0.2) is 46.0 Å². The van der Waals surface area contributed by atoms with Crippen LogP contribution in [0.1, 0.15) is 97.1 Å². The SMILES string of the molecule is CC[C@]1(N)C[C@H](c2ncc(OCCCC#N)c(Cc3cc(C(F)(F)F)cc(C(F)(F)F)c3)n2)c2cc(C(F)(F)F)ccc2N1C(=O)OCCCCC(=O)O. The predicted molar refractivity (Wildman–Crippen MR) is 172 cm³/mol. The molecule has 292 valence electrons. The van der Waals surface area contributed by atoms with Crippen LogP contribution in [0.3, 0.4) is 0 Å². The Bertz CT molecular complexity index is 1850. The van der Waals surface area contributed by atoms with Crippen LogP contribution in [0.5, 0.6) is 5.75 Å². The lowest BCUT2D eigenvalue weighted by molar-refractivity contribution is -0.143. The number of anilines is 1. The number of nitrogens with two attached hydrogens (primary N) is 1. The lowest BCUT2D eigenvalue weighted by Gasteiger charge is -2.46. The molecule has 4 rings (SSSR count). The van der Waals surface area contributed by atoms with E-state index in [-0.39, 0.29) is 92.7 Å². The number of benzene rings is 2. The van der Waals surface area contributed by atoms with Crippen molar-refractivity contribution in [2.45, 2.75) is 88.4 Å². The van der Waals surface area contributed by atoms with E-state index in [1.165, 1.54) is 0 Å². The van der Waals surface area contributed by atoms with Crippen molar-refractivity contribution in [2.75, 3.05) is 18.1 Å². The molecule has 1 aliphatic rings. The molecule has 0 saturated carbocycles. The predicted octanol–water partition coefficient (Wildman–Crippen LogP) is 8.60.